The number of nitrogens with one attached hydrogen (secondary N) is 1. The van der Waals surface area contributed by atoms with Crippen molar-refractivity contribution in [3.05, 3.63) is 40.3 Å². The summed E-state index contributed by atoms with van der Waals surface area (Å²) >= 11 is 1.70. The number of hydrogen-bond acceptors (Lipinski definition) is 4. The quantitative estimate of drug-likeness (QED) is 0.918. The zero-order valence-corrected chi connectivity index (χ0v) is 11.6. The Morgan fingerprint density at radius 2 is 2.47 bits per heavy atom. The van der Waals surface area contributed by atoms with Crippen LogP contribution in [0.5, 0.6) is 0 Å². The minimum Gasteiger partial charge on any atom is -0.357 e. The van der Waals surface area contributed by atoms with Crippen LogP contribution in [-0.4, -0.2) is 34.2 Å². The second-order valence-electron chi connectivity index (χ2n) is 4.70. The summed E-state index contributed by atoms with van der Waals surface area (Å²) in [5.74, 6) is 0.0139. The van der Waals surface area contributed by atoms with Crippen LogP contribution in [0.4, 0.5) is 0 Å². The number of amides is 1. The number of nitrogens with zero attached hydrogens (tertiary/aromatic N) is 3. The van der Waals surface area contributed by atoms with Gasteiger partial charge in [0, 0.05) is 32.9 Å². The first-order chi connectivity index (χ1) is 9.28. The van der Waals surface area contributed by atoms with Gasteiger partial charge in [-0.15, -0.1) is 0 Å². The maximum absolute atomic E-state index is 12.0. The molecule has 1 aliphatic rings. The normalized spacial score (nSPS) is 19.1. The van der Waals surface area contributed by atoms with Crippen LogP contribution in [0, 0.1) is 0 Å². The molecule has 1 atom stereocenters. The first-order valence-electron chi connectivity index (χ1n) is 6.25. The number of rotatable bonds is 3. The van der Waals surface area contributed by atoms with E-state index in [1.165, 1.54) is 5.56 Å². The average Bonchev–Trinajstić information content (AvgIpc) is 3.07. The van der Waals surface area contributed by atoms with E-state index < -0.39 is 0 Å². The van der Waals surface area contributed by atoms with Crippen LogP contribution in [0.1, 0.15) is 17.3 Å². The molecule has 6 heteroatoms. The standard InChI is InChI=1S/C13H16N4OS/c1-14-13(18)12-8-16(6-10-3-5-19-9-10)7-11-2-4-15-17(11)12/h2-5,9,12H,6-8H2,1H3,(H,14,18)/t12-/m1/s1. The molecule has 1 aliphatic heterocycles. The van der Waals surface area contributed by atoms with Crippen LogP contribution in [0.2, 0.25) is 0 Å². The van der Waals surface area contributed by atoms with Crippen molar-refractivity contribution in [1.29, 1.82) is 0 Å². The fourth-order valence-corrected chi connectivity index (χ4v) is 3.14. The molecule has 0 radical (unpaired) electrons. The van der Waals surface area contributed by atoms with E-state index >= 15 is 0 Å². The number of carbonyl (C=O) groups is 1. The number of fused-ring (bicyclic) bond motifs is 1. The van der Waals surface area contributed by atoms with Crippen LogP contribution in [0.25, 0.3) is 0 Å². The zero-order chi connectivity index (χ0) is 13.2. The lowest BCUT2D eigenvalue weighted by molar-refractivity contribution is -0.125. The lowest BCUT2D eigenvalue weighted by Gasteiger charge is -2.32. The van der Waals surface area contributed by atoms with Gasteiger partial charge in [-0.3, -0.25) is 14.4 Å². The van der Waals surface area contributed by atoms with Gasteiger partial charge in [0.1, 0.15) is 6.04 Å². The number of carbonyl (C=O) groups excluding carboxylic acids is 1. The molecule has 0 unspecified atom stereocenters. The minimum atomic E-state index is -0.234. The predicted molar refractivity (Wildman–Crippen MR) is 73.8 cm³/mol. The van der Waals surface area contributed by atoms with Crippen molar-refractivity contribution in [3.63, 3.8) is 0 Å². The summed E-state index contributed by atoms with van der Waals surface area (Å²) in [6.45, 7) is 2.41. The van der Waals surface area contributed by atoms with Crippen LogP contribution < -0.4 is 5.32 Å². The Labute approximate surface area is 115 Å². The van der Waals surface area contributed by atoms with E-state index in [0.717, 1.165) is 18.8 Å². The maximum atomic E-state index is 12.0. The van der Waals surface area contributed by atoms with E-state index in [0.29, 0.717) is 6.54 Å². The Kier molecular flexibility index (Phi) is 3.35. The van der Waals surface area contributed by atoms with Gasteiger partial charge in [0.05, 0.1) is 5.69 Å². The Morgan fingerprint density at radius 1 is 1.58 bits per heavy atom. The first-order valence-corrected chi connectivity index (χ1v) is 7.19. The smallest absolute Gasteiger partial charge is 0.245 e. The average molecular weight is 276 g/mol. The van der Waals surface area contributed by atoms with Crippen molar-refractivity contribution >= 4 is 17.2 Å². The van der Waals surface area contributed by atoms with Crippen molar-refractivity contribution in [2.24, 2.45) is 0 Å². The second kappa shape index (κ2) is 5.14. The highest BCUT2D eigenvalue weighted by atomic mass is 32.1. The summed E-state index contributed by atoms with van der Waals surface area (Å²) in [6, 6.07) is 3.88. The first kappa shape index (κ1) is 12.4. The molecule has 19 heavy (non-hydrogen) atoms. The molecule has 0 saturated carbocycles. The molecule has 0 aromatic carbocycles. The molecule has 3 heterocycles. The number of aromatic nitrogens is 2. The lowest BCUT2D eigenvalue weighted by atomic mass is 10.1. The van der Waals surface area contributed by atoms with Crippen LogP contribution in [-0.2, 0) is 17.9 Å². The molecule has 0 aliphatic carbocycles. The fraction of sp³-hybridized carbons (Fsp3) is 0.385. The van der Waals surface area contributed by atoms with Crippen LogP contribution in [0.15, 0.2) is 29.1 Å². The molecular weight excluding hydrogens is 260 g/mol. The highest BCUT2D eigenvalue weighted by Gasteiger charge is 2.30. The fourth-order valence-electron chi connectivity index (χ4n) is 2.48. The van der Waals surface area contributed by atoms with Gasteiger partial charge in [0.25, 0.3) is 0 Å². The summed E-state index contributed by atoms with van der Waals surface area (Å²) in [7, 11) is 1.67. The topological polar surface area (TPSA) is 50.2 Å². The van der Waals surface area contributed by atoms with Gasteiger partial charge in [0.2, 0.25) is 5.91 Å². The Morgan fingerprint density at radius 3 is 3.21 bits per heavy atom. The molecule has 1 N–H and O–H groups in total. The molecule has 0 bridgehead atoms. The second-order valence-corrected chi connectivity index (χ2v) is 5.48. The molecule has 0 saturated heterocycles. The van der Waals surface area contributed by atoms with E-state index in [2.05, 4.69) is 32.1 Å². The van der Waals surface area contributed by atoms with E-state index in [-0.39, 0.29) is 11.9 Å². The largest absolute Gasteiger partial charge is 0.357 e. The molecule has 2 aromatic heterocycles. The van der Waals surface area contributed by atoms with Crippen molar-refractivity contribution in [2.45, 2.75) is 19.1 Å². The van der Waals surface area contributed by atoms with E-state index in [9.17, 15) is 4.79 Å². The van der Waals surface area contributed by atoms with Crippen molar-refractivity contribution < 1.29 is 4.79 Å². The number of likely N-dealkylation sites (N-methyl/N-ethyl adjacent to an activating group) is 1. The zero-order valence-electron chi connectivity index (χ0n) is 10.7. The summed E-state index contributed by atoms with van der Waals surface area (Å²) < 4.78 is 1.84. The highest BCUT2D eigenvalue weighted by molar-refractivity contribution is 7.07. The van der Waals surface area contributed by atoms with Crippen LogP contribution in [0.3, 0.4) is 0 Å². The predicted octanol–water partition coefficient (Wildman–Crippen LogP) is 1.25. The molecule has 0 fully saturated rings. The van der Waals surface area contributed by atoms with E-state index in [1.807, 2.05) is 10.7 Å². The van der Waals surface area contributed by atoms with Gasteiger partial charge in [-0.05, 0) is 28.5 Å². The Hall–Kier alpha value is -1.66. The SMILES string of the molecule is CNC(=O)[C@H]1CN(Cc2ccsc2)Cc2ccnn21. The third-order valence-corrected chi connectivity index (χ3v) is 4.13. The lowest BCUT2D eigenvalue weighted by Crippen LogP contribution is -2.43. The van der Waals surface area contributed by atoms with Crippen molar-refractivity contribution in [2.75, 3.05) is 13.6 Å². The molecular formula is C13H16N4OS. The molecule has 0 spiro atoms. The number of thiophene rings is 1. The highest BCUT2D eigenvalue weighted by Crippen LogP contribution is 2.22. The van der Waals surface area contributed by atoms with Gasteiger partial charge in [-0.2, -0.15) is 16.4 Å². The van der Waals surface area contributed by atoms with Gasteiger partial charge < -0.3 is 5.32 Å². The van der Waals surface area contributed by atoms with Gasteiger partial charge in [-0.25, -0.2) is 0 Å². The maximum Gasteiger partial charge on any atom is 0.245 e. The number of hydrogen-bond donors (Lipinski definition) is 1. The monoisotopic (exact) mass is 276 g/mol. The minimum absolute atomic E-state index is 0.0139. The summed E-state index contributed by atoms with van der Waals surface area (Å²) in [4.78, 5) is 14.3. The molecule has 3 rings (SSSR count). The van der Waals surface area contributed by atoms with E-state index in [1.54, 1.807) is 24.6 Å². The molecule has 100 valence electrons. The Bertz CT molecular complexity index is 563. The van der Waals surface area contributed by atoms with Crippen molar-refractivity contribution in [3.8, 4) is 0 Å². The van der Waals surface area contributed by atoms with E-state index in [4.69, 9.17) is 0 Å². The summed E-state index contributed by atoms with van der Waals surface area (Å²) in [5.41, 5.74) is 2.39. The summed E-state index contributed by atoms with van der Waals surface area (Å²) in [5, 5.41) is 11.2. The van der Waals surface area contributed by atoms with Crippen LogP contribution >= 0.6 is 11.3 Å². The van der Waals surface area contributed by atoms with Gasteiger partial charge >= 0.3 is 0 Å². The van der Waals surface area contributed by atoms with Crippen molar-refractivity contribution in [1.82, 2.24) is 20.0 Å². The summed E-state index contributed by atoms with van der Waals surface area (Å²) in [6.07, 6.45) is 1.76. The molecule has 1 amide bonds. The Balaban J connectivity index is 1.82. The third-order valence-electron chi connectivity index (χ3n) is 3.40. The molecule has 2 aromatic rings. The van der Waals surface area contributed by atoms with Gasteiger partial charge in [-0.1, -0.05) is 0 Å². The van der Waals surface area contributed by atoms with Gasteiger partial charge in [0.15, 0.2) is 0 Å². The molecule has 5 nitrogen and oxygen atoms in total. The third kappa shape index (κ3) is 2.41.